The van der Waals surface area contributed by atoms with E-state index in [0.717, 1.165) is 51.9 Å². The fraction of sp³-hybridized carbons (Fsp3) is 0.889. The number of ketones is 2. The summed E-state index contributed by atoms with van der Waals surface area (Å²) < 4.78 is 5.32. The second-order valence-electron chi connectivity index (χ2n) is 6.12. The first-order valence-corrected chi connectivity index (χ1v) is 9.13. The molecule has 23 heavy (non-hydrogen) atoms. The molecule has 0 N–H and O–H groups in total. The molecule has 0 fully saturated rings. The molecule has 0 saturated heterocycles. The Hall–Kier alpha value is -0.780. The Balaban J connectivity index is 3.98. The highest BCUT2D eigenvalue weighted by Gasteiger charge is 2.12. The summed E-state index contributed by atoms with van der Waals surface area (Å²) in [7, 11) is 0. The Bertz CT molecular complexity index is 279. The minimum absolute atomic E-state index is 0.0389. The number of carbonyl (C=O) groups is 2. The van der Waals surface area contributed by atoms with Crippen LogP contribution in [0, 0.1) is 0 Å². The molecule has 0 rings (SSSR count). The Morgan fingerprint density at radius 3 is 1.22 bits per heavy atom. The van der Waals surface area contributed by atoms with Gasteiger partial charge < -0.3 is 4.74 Å². The van der Waals surface area contributed by atoms with Gasteiger partial charge in [0.2, 0.25) is 0 Å². The van der Waals surface area contributed by atoms with E-state index >= 15 is 0 Å². The summed E-state index contributed by atoms with van der Waals surface area (Å²) in [5.74, 6) is 0.109. The highest BCUT2D eigenvalue weighted by atomic mass is 16.5. The van der Waals surface area contributed by atoms with Crippen molar-refractivity contribution in [1.29, 1.82) is 0 Å². The Labute approximate surface area is 142 Å². The van der Waals surface area contributed by atoms with Crippen molar-refractivity contribution in [3.8, 4) is 0 Å². The second kappa shape index (κ2) is 14.8. The van der Waals surface area contributed by atoms with E-state index in [4.69, 9.17) is 4.74 Å². The van der Waals surface area contributed by atoms with Crippen LogP contribution < -0.4 is 0 Å². The lowest BCUT2D eigenvalue weighted by molar-refractivity contribution is -0.129. The zero-order valence-corrected chi connectivity index (χ0v) is 15.6. The normalized spacial score (nSPS) is 11.4. The van der Waals surface area contributed by atoms with Crippen LogP contribution in [0.15, 0.2) is 0 Å². The minimum atomic E-state index is 0.0389. The summed E-state index contributed by atoms with van der Waals surface area (Å²) >= 11 is 0. The average molecular weight is 328 g/mol. The SMILES string of the molecule is CCCN(CCC)CC(=O)COCC(=O)CN(CCC)CCC. The van der Waals surface area contributed by atoms with E-state index < -0.39 is 0 Å². The van der Waals surface area contributed by atoms with Crippen molar-refractivity contribution in [2.75, 3.05) is 52.5 Å². The number of rotatable bonds is 16. The van der Waals surface area contributed by atoms with E-state index in [-0.39, 0.29) is 24.8 Å². The van der Waals surface area contributed by atoms with Crippen LogP contribution in [0.25, 0.3) is 0 Å². The van der Waals surface area contributed by atoms with Gasteiger partial charge >= 0.3 is 0 Å². The van der Waals surface area contributed by atoms with Gasteiger partial charge in [0, 0.05) is 0 Å². The van der Waals surface area contributed by atoms with Crippen molar-refractivity contribution >= 4 is 11.6 Å². The molecule has 0 unspecified atom stereocenters. The van der Waals surface area contributed by atoms with Gasteiger partial charge in [0.25, 0.3) is 0 Å². The van der Waals surface area contributed by atoms with Gasteiger partial charge in [-0.15, -0.1) is 0 Å². The number of carbonyl (C=O) groups excluding carboxylic acids is 2. The highest BCUT2D eigenvalue weighted by molar-refractivity contribution is 5.83. The van der Waals surface area contributed by atoms with Crippen molar-refractivity contribution in [3.63, 3.8) is 0 Å². The van der Waals surface area contributed by atoms with E-state index in [0.29, 0.717) is 13.1 Å². The van der Waals surface area contributed by atoms with Crippen molar-refractivity contribution in [2.24, 2.45) is 0 Å². The van der Waals surface area contributed by atoms with Crippen molar-refractivity contribution < 1.29 is 14.3 Å². The molecule has 0 aromatic carbocycles. The standard InChI is InChI=1S/C18H36N2O3/c1-5-9-19(10-6-2)13-17(21)15-23-16-18(22)14-20(11-7-3)12-8-4/h5-16H2,1-4H3. The van der Waals surface area contributed by atoms with Gasteiger partial charge in [0.15, 0.2) is 11.6 Å². The van der Waals surface area contributed by atoms with Crippen LogP contribution >= 0.6 is 0 Å². The van der Waals surface area contributed by atoms with Gasteiger partial charge in [-0.1, -0.05) is 27.7 Å². The molecule has 5 nitrogen and oxygen atoms in total. The average Bonchev–Trinajstić information content (AvgIpc) is 2.48. The van der Waals surface area contributed by atoms with E-state index in [1.54, 1.807) is 0 Å². The summed E-state index contributed by atoms with van der Waals surface area (Å²) in [5.41, 5.74) is 0. The van der Waals surface area contributed by atoms with E-state index in [2.05, 4.69) is 37.5 Å². The fourth-order valence-corrected chi connectivity index (χ4v) is 2.67. The summed E-state index contributed by atoms with van der Waals surface area (Å²) in [4.78, 5) is 28.1. The molecule has 0 atom stereocenters. The van der Waals surface area contributed by atoms with Gasteiger partial charge in [-0.3, -0.25) is 19.4 Å². The van der Waals surface area contributed by atoms with E-state index in [1.807, 2.05) is 0 Å². The maximum Gasteiger partial charge on any atom is 0.172 e. The fourth-order valence-electron chi connectivity index (χ4n) is 2.67. The lowest BCUT2D eigenvalue weighted by atomic mass is 10.3. The maximum absolute atomic E-state index is 11.9. The third-order valence-electron chi connectivity index (χ3n) is 3.49. The molecule has 0 aromatic heterocycles. The molecule has 0 radical (unpaired) electrons. The number of Topliss-reactive ketones (excluding diaryl/α,β-unsaturated/α-hetero) is 2. The zero-order chi connectivity index (χ0) is 17.5. The van der Waals surface area contributed by atoms with Gasteiger partial charge in [0.05, 0.1) is 13.1 Å². The maximum atomic E-state index is 11.9. The van der Waals surface area contributed by atoms with Crippen LogP contribution in [-0.2, 0) is 14.3 Å². The van der Waals surface area contributed by atoms with E-state index in [9.17, 15) is 9.59 Å². The number of ether oxygens (including phenoxy) is 1. The molecule has 0 heterocycles. The Morgan fingerprint density at radius 2 is 0.957 bits per heavy atom. The highest BCUT2D eigenvalue weighted by Crippen LogP contribution is 1.97. The van der Waals surface area contributed by atoms with Crippen molar-refractivity contribution in [2.45, 2.75) is 53.4 Å². The molecule has 0 amide bonds. The number of hydrogen-bond acceptors (Lipinski definition) is 5. The lowest BCUT2D eigenvalue weighted by Gasteiger charge is -2.20. The number of hydrogen-bond donors (Lipinski definition) is 0. The Morgan fingerprint density at radius 1 is 0.652 bits per heavy atom. The molecule has 0 aliphatic heterocycles. The molecule has 0 bridgehead atoms. The van der Waals surface area contributed by atoms with Gasteiger partial charge in [-0.25, -0.2) is 0 Å². The van der Waals surface area contributed by atoms with Gasteiger partial charge in [0.1, 0.15) is 13.2 Å². The first-order chi connectivity index (χ1) is 11.1. The molecule has 0 saturated carbocycles. The molecule has 5 heteroatoms. The molecular weight excluding hydrogens is 292 g/mol. The Kier molecular flexibility index (Phi) is 14.3. The van der Waals surface area contributed by atoms with Crippen molar-refractivity contribution in [1.82, 2.24) is 9.80 Å². The molecule has 0 aliphatic rings. The van der Waals surface area contributed by atoms with Gasteiger partial charge in [-0.2, -0.15) is 0 Å². The largest absolute Gasteiger partial charge is 0.366 e. The topological polar surface area (TPSA) is 49.9 Å². The van der Waals surface area contributed by atoms with Crippen LogP contribution in [0.2, 0.25) is 0 Å². The smallest absolute Gasteiger partial charge is 0.172 e. The first-order valence-electron chi connectivity index (χ1n) is 9.13. The van der Waals surface area contributed by atoms with Crippen LogP contribution in [0.3, 0.4) is 0 Å². The molecular formula is C18H36N2O3. The quantitative estimate of drug-likeness (QED) is 0.435. The summed E-state index contributed by atoms with van der Waals surface area (Å²) in [5, 5.41) is 0. The molecule has 0 spiro atoms. The van der Waals surface area contributed by atoms with Crippen LogP contribution in [0.1, 0.15) is 53.4 Å². The van der Waals surface area contributed by atoms with Crippen LogP contribution in [-0.4, -0.2) is 73.8 Å². The third kappa shape index (κ3) is 12.3. The first kappa shape index (κ1) is 22.2. The van der Waals surface area contributed by atoms with E-state index in [1.165, 1.54) is 0 Å². The summed E-state index contributed by atoms with van der Waals surface area (Å²) in [6, 6.07) is 0. The van der Waals surface area contributed by atoms with Gasteiger partial charge in [-0.05, 0) is 51.9 Å². The number of nitrogens with zero attached hydrogens (tertiary/aromatic N) is 2. The minimum Gasteiger partial charge on any atom is -0.366 e. The monoisotopic (exact) mass is 328 g/mol. The predicted molar refractivity (Wildman–Crippen MR) is 94.9 cm³/mol. The van der Waals surface area contributed by atoms with Crippen LogP contribution in [0.4, 0.5) is 0 Å². The molecule has 0 aliphatic carbocycles. The van der Waals surface area contributed by atoms with Crippen LogP contribution in [0.5, 0.6) is 0 Å². The second-order valence-corrected chi connectivity index (χ2v) is 6.12. The molecule has 0 aromatic rings. The van der Waals surface area contributed by atoms with Crippen molar-refractivity contribution in [3.05, 3.63) is 0 Å². The lowest BCUT2D eigenvalue weighted by Crippen LogP contribution is -2.35. The predicted octanol–water partition coefficient (Wildman–Crippen LogP) is 2.39. The summed E-state index contributed by atoms with van der Waals surface area (Å²) in [6.07, 6.45) is 4.16. The summed E-state index contributed by atoms with van der Waals surface area (Å²) in [6.45, 7) is 13.1. The third-order valence-corrected chi connectivity index (χ3v) is 3.49. The molecule has 136 valence electrons. The zero-order valence-electron chi connectivity index (χ0n) is 15.6.